The molecule has 0 spiro atoms. The molecule has 0 aliphatic carbocycles. The Balaban J connectivity index is 1.50. The maximum absolute atomic E-state index is 12.5. The molecule has 0 saturated carbocycles. The molecule has 1 atom stereocenters. The average molecular weight is 372 g/mol. The average Bonchev–Trinajstić information content (AvgIpc) is 3.38. The lowest BCUT2D eigenvalue weighted by atomic mass is 10.0. The number of para-hydroxylation sites is 1. The zero-order valence-corrected chi connectivity index (χ0v) is 15.0. The predicted octanol–water partition coefficient (Wildman–Crippen LogP) is 3.12. The largest absolute Gasteiger partial charge is 0.463 e. The minimum Gasteiger partial charge on any atom is -0.463 e. The van der Waals surface area contributed by atoms with Gasteiger partial charge in [0.1, 0.15) is 17.6 Å². The first-order valence-corrected chi connectivity index (χ1v) is 9.12. The number of aromatic amines is 1. The molecule has 28 heavy (non-hydrogen) atoms. The molecule has 5 aromatic rings. The smallest absolute Gasteiger partial charge is 0.294 e. The summed E-state index contributed by atoms with van der Waals surface area (Å²) in [6.07, 6.45) is 1.67. The summed E-state index contributed by atoms with van der Waals surface area (Å²) in [5.41, 5.74) is 2.37. The molecular weight excluding hydrogens is 354 g/mol. The van der Waals surface area contributed by atoms with E-state index >= 15 is 0 Å². The zero-order chi connectivity index (χ0) is 18.9. The van der Waals surface area contributed by atoms with Gasteiger partial charge in [-0.1, -0.05) is 42.5 Å². The number of furan rings is 2. The number of H-pyrrole nitrogens is 1. The van der Waals surface area contributed by atoms with Gasteiger partial charge in [0.15, 0.2) is 17.6 Å². The van der Waals surface area contributed by atoms with E-state index in [1.807, 2.05) is 54.6 Å². The van der Waals surface area contributed by atoms with E-state index in [4.69, 9.17) is 8.83 Å². The lowest BCUT2D eigenvalue weighted by Gasteiger charge is -2.13. The van der Waals surface area contributed by atoms with Crippen LogP contribution in [0.2, 0.25) is 0 Å². The summed E-state index contributed by atoms with van der Waals surface area (Å²) >= 11 is 0. The van der Waals surface area contributed by atoms with Gasteiger partial charge in [-0.3, -0.25) is 4.79 Å². The second-order valence-corrected chi connectivity index (χ2v) is 6.63. The third kappa shape index (κ3) is 2.90. The highest BCUT2D eigenvalue weighted by atomic mass is 16.3. The Labute approximate surface area is 159 Å². The van der Waals surface area contributed by atoms with E-state index in [1.165, 1.54) is 0 Å². The standard InChI is InChI=1S/C22H17N3O3/c26-22-21-20(15-9-4-5-10-16(15)28-21)24-18(25-22)13-23-19(17-11-6-12-27-17)14-7-2-1-3-8-14/h1-12,19,23H,13H2,(H,24,25,26)/p+1/t19-/m1/s1. The molecule has 6 heteroatoms. The highest BCUT2D eigenvalue weighted by Gasteiger charge is 2.21. The van der Waals surface area contributed by atoms with Crippen molar-refractivity contribution in [3.05, 3.63) is 100 Å². The lowest BCUT2D eigenvalue weighted by molar-refractivity contribution is -0.705. The van der Waals surface area contributed by atoms with Crippen molar-refractivity contribution in [3.63, 3.8) is 0 Å². The second-order valence-electron chi connectivity index (χ2n) is 6.63. The fraction of sp³-hybridized carbons (Fsp3) is 0.0909. The van der Waals surface area contributed by atoms with Crippen molar-refractivity contribution in [1.29, 1.82) is 0 Å². The van der Waals surface area contributed by atoms with Crippen molar-refractivity contribution in [2.75, 3.05) is 0 Å². The molecule has 3 N–H and O–H groups in total. The molecule has 0 radical (unpaired) electrons. The quantitative estimate of drug-likeness (QED) is 0.496. The number of hydrogen-bond acceptors (Lipinski definition) is 4. The number of quaternary nitrogens is 1. The Morgan fingerprint density at radius 3 is 2.64 bits per heavy atom. The second kappa shape index (κ2) is 6.83. The van der Waals surface area contributed by atoms with Crippen molar-refractivity contribution < 1.29 is 14.2 Å². The fourth-order valence-electron chi connectivity index (χ4n) is 3.52. The summed E-state index contributed by atoms with van der Waals surface area (Å²) < 4.78 is 11.3. The van der Waals surface area contributed by atoms with Crippen LogP contribution in [0.15, 0.2) is 86.6 Å². The molecule has 0 bridgehead atoms. The van der Waals surface area contributed by atoms with Gasteiger partial charge in [-0.05, 0) is 24.3 Å². The highest BCUT2D eigenvalue weighted by Crippen LogP contribution is 2.24. The summed E-state index contributed by atoms with van der Waals surface area (Å²) in [6.45, 7) is 0.491. The number of nitrogens with two attached hydrogens (primary N) is 1. The van der Waals surface area contributed by atoms with Crippen LogP contribution in [0, 0.1) is 0 Å². The van der Waals surface area contributed by atoms with Crippen molar-refractivity contribution >= 4 is 22.1 Å². The van der Waals surface area contributed by atoms with Crippen molar-refractivity contribution in [1.82, 2.24) is 9.97 Å². The topological polar surface area (TPSA) is 88.6 Å². The van der Waals surface area contributed by atoms with Crippen LogP contribution < -0.4 is 10.9 Å². The molecule has 3 heterocycles. The molecule has 0 aliphatic rings. The number of nitrogens with one attached hydrogen (secondary N) is 1. The molecule has 0 saturated heterocycles. The zero-order valence-electron chi connectivity index (χ0n) is 15.0. The fourth-order valence-corrected chi connectivity index (χ4v) is 3.52. The van der Waals surface area contributed by atoms with E-state index in [9.17, 15) is 4.79 Å². The van der Waals surface area contributed by atoms with E-state index in [0.29, 0.717) is 23.5 Å². The Bertz CT molecular complexity index is 1290. The normalized spacial score (nSPS) is 12.6. The van der Waals surface area contributed by atoms with Crippen LogP contribution in [0.5, 0.6) is 0 Å². The molecule has 6 nitrogen and oxygen atoms in total. The molecular formula is C22H18N3O3+. The number of fused-ring (bicyclic) bond motifs is 3. The predicted molar refractivity (Wildman–Crippen MR) is 105 cm³/mol. The first kappa shape index (κ1) is 16.5. The molecule has 0 fully saturated rings. The molecule has 0 unspecified atom stereocenters. The number of nitrogens with zero attached hydrogens (tertiary/aromatic N) is 1. The Kier molecular flexibility index (Phi) is 4.03. The Hall–Kier alpha value is -3.64. The third-order valence-electron chi connectivity index (χ3n) is 4.84. The van der Waals surface area contributed by atoms with Crippen molar-refractivity contribution in [2.45, 2.75) is 12.6 Å². The van der Waals surface area contributed by atoms with Crippen LogP contribution in [0.1, 0.15) is 23.2 Å². The SMILES string of the molecule is O=c1[nH]c(C[NH2+][C@H](c2ccccc2)c2ccco2)nc2c1oc1ccccc12. The first-order chi connectivity index (χ1) is 13.8. The van der Waals surface area contributed by atoms with Crippen molar-refractivity contribution in [3.8, 4) is 0 Å². The molecule has 138 valence electrons. The van der Waals surface area contributed by atoms with E-state index < -0.39 is 0 Å². The molecule has 3 aromatic heterocycles. The van der Waals surface area contributed by atoms with Crippen LogP contribution in [0.4, 0.5) is 0 Å². The Morgan fingerprint density at radius 2 is 1.82 bits per heavy atom. The molecule has 0 amide bonds. The summed E-state index contributed by atoms with van der Waals surface area (Å²) in [4.78, 5) is 20.0. The van der Waals surface area contributed by atoms with Crippen LogP contribution in [-0.4, -0.2) is 9.97 Å². The molecule has 5 rings (SSSR count). The number of hydrogen-bond donors (Lipinski definition) is 2. The maximum Gasteiger partial charge on any atom is 0.294 e. The molecule has 0 aliphatic heterocycles. The van der Waals surface area contributed by atoms with Gasteiger partial charge < -0.3 is 19.1 Å². The first-order valence-electron chi connectivity index (χ1n) is 9.12. The van der Waals surface area contributed by atoms with Gasteiger partial charge in [-0.25, -0.2) is 4.98 Å². The summed E-state index contributed by atoms with van der Waals surface area (Å²) in [7, 11) is 0. The van der Waals surface area contributed by atoms with Crippen LogP contribution in [0.25, 0.3) is 22.1 Å². The van der Waals surface area contributed by atoms with Gasteiger partial charge in [0.25, 0.3) is 5.56 Å². The van der Waals surface area contributed by atoms with Crippen molar-refractivity contribution in [2.24, 2.45) is 0 Å². The minimum atomic E-state index is -0.265. The summed E-state index contributed by atoms with van der Waals surface area (Å²) in [5.74, 6) is 1.44. The van der Waals surface area contributed by atoms with Crippen LogP contribution in [-0.2, 0) is 6.54 Å². The highest BCUT2D eigenvalue weighted by molar-refractivity contribution is 6.01. The summed E-state index contributed by atoms with van der Waals surface area (Å²) in [5, 5.41) is 2.94. The maximum atomic E-state index is 12.5. The summed E-state index contributed by atoms with van der Waals surface area (Å²) in [6, 6.07) is 21.5. The van der Waals surface area contributed by atoms with Gasteiger partial charge in [0.05, 0.1) is 6.26 Å². The van der Waals surface area contributed by atoms with E-state index in [0.717, 1.165) is 16.7 Å². The lowest BCUT2D eigenvalue weighted by Crippen LogP contribution is -2.84. The van der Waals surface area contributed by atoms with Crippen LogP contribution >= 0.6 is 0 Å². The number of aromatic nitrogens is 2. The van der Waals surface area contributed by atoms with Gasteiger partial charge in [0.2, 0.25) is 5.58 Å². The monoisotopic (exact) mass is 372 g/mol. The van der Waals surface area contributed by atoms with Gasteiger partial charge >= 0.3 is 0 Å². The third-order valence-corrected chi connectivity index (χ3v) is 4.84. The number of benzene rings is 2. The number of rotatable bonds is 5. The van der Waals surface area contributed by atoms with E-state index in [1.54, 1.807) is 6.26 Å². The van der Waals surface area contributed by atoms with Gasteiger partial charge in [-0.2, -0.15) is 0 Å². The van der Waals surface area contributed by atoms with Gasteiger partial charge in [0, 0.05) is 10.9 Å². The molecule has 2 aromatic carbocycles. The Morgan fingerprint density at radius 1 is 1.00 bits per heavy atom. The van der Waals surface area contributed by atoms with Crippen LogP contribution in [0.3, 0.4) is 0 Å². The minimum absolute atomic E-state index is 0.0294. The van der Waals surface area contributed by atoms with Gasteiger partial charge in [-0.15, -0.1) is 0 Å². The van der Waals surface area contributed by atoms with E-state index in [2.05, 4.69) is 27.4 Å². The van der Waals surface area contributed by atoms with E-state index in [-0.39, 0.29) is 17.2 Å².